The summed E-state index contributed by atoms with van der Waals surface area (Å²) in [4.78, 5) is 10.7. The van der Waals surface area contributed by atoms with Crippen LogP contribution in [0.4, 0.5) is 13.2 Å². The molecule has 126 valence electrons. The molecule has 2 N–H and O–H groups in total. The number of rotatable bonds is 6. The predicted octanol–water partition coefficient (Wildman–Crippen LogP) is 3.03. The Labute approximate surface area is 140 Å². The van der Waals surface area contributed by atoms with Crippen LogP contribution in [0.25, 0.3) is 0 Å². The van der Waals surface area contributed by atoms with Crippen LogP contribution in [-0.2, 0) is 11.3 Å². The molecule has 24 heavy (non-hydrogen) atoms. The number of ether oxygens (including phenoxy) is 1. The van der Waals surface area contributed by atoms with E-state index in [9.17, 15) is 18.0 Å². The largest absolute Gasteiger partial charge is 0.481 e. The van der Waals surface area contributed by atoms with Crippen molar-refractivity contribution in [3.05, 3.63) is 65.0 Å². The molecule has 0 radical (unpaired) electrons. The van der Waals surface area contributed by atoms with Crippen LogP contribution in [0, 0.1) is 17.5 Å². The summed E-state index contributed by atoms with van der Waals surface area (Å²) in [6.45, 7) is -0.688. The number of aliphatic carboxylic acids is 1. The molecule has 0 heterocycles. The van der Waals surface area contributed by atoms with Gasteiger partial charge in [0.05, 0.1) is 5.56 Å². The number of hydrogen-bond donors (Lipinski definition) is 2. The Morgan fingerprint density at radius 2 is 1.79 bits per heavy atom. The van der Waals surface area contributed by atoms with Crippen molar-refractivity contribution < 1.29 is 27.8 Å². The first-order chi connectivity index (χ1) is 11.4. The highest BCUT2D eigenvalue weighted by atomic mass is 32.1. The highest BCUT2D eigenvalue weighted by Crippen LogP contribution is 2.21. The molecule has 0 aliphatic rings. The first-order valence-corrected chi connectivity index (χ1v) is 7.14. The van der Waals surface area contributed by atoms with Crippen molar-refractivity contribution >= 4 is 23.2 Å². The van der Waals surface area contributed by atoms with Crippen molar-refractivity contribution in [2.75, 3.05) is 6.61 Å². The molecule has 0 aromatic heterocycles. The Bertz CT molecular complexity index is 783. The second-order valence-electron chi connectivity index (χ2n) is 4.74. The summed E-state index contributed by atoms with van der Waals surface area (Å²) in [6, 6.07) is 6.59. The van der Waals surface area contributed by atoms with E-state index in [1.54, 1.807) is 0 Å². The van der Waals surface area contributed by atoms with Crippen LogP contribution in [0.2, 0.25) is 0 Å². The molecule has 0 spiro atoms. The number of carbonyl (C=O) groups is 1. The molecule has 8 heteroatoms. The molecular weight excluding hydrogens is 343 g/mol. The summed E-state index contributed by atoms with van der Waals surface area (Å²) in [5.74, 6) is -3.31. The number of halogens is 3. The monoisotopic (exact) mass is 355 g/mol. The number of thiocarbonyl (C=S) groups is 1. The van der Waals surface area contributed by atoms with Gasteiger partial charge in [-0.1, -0.05) is 18.3 Å². The van der Waals surface area contributed by atoms with Crippen LogP contribution in [0.3, 0.4) is 0 Å². The first-order valence-electron chi connectivity index (χ1n) is 6.73. The van der Waals surface area contributed by atoms with Gasteiger partial charge in [0.1, 0.15) is 28.2 Å². The molecule has 2 aromatic carbocycles. The van der Waals surface area contributed by atoms with Gasteiger partial charge in [-0.15, -0.1) is 0 Å². The minimum absolute atomic E-state index is 0.0271. The molecule has 4 nitrogen and oxygen atoms in total. The van der Waals surface area contributed by atoms with Crippen molar-refractivity contribution in [2.24, 2.45) is 0 Å². The van der Waals surface area contributed by atoms with Crippen LogP contribution < -0.4 is 10.1 Å². The average molecular weight is 355 g/mol. The van der Waals surface area contributed by atoms with E-state index in [1.165, 1.54) is 12.1 Å². The second kappa shape index (κ2) is 7.78. The average Bonchev–Trinajstić information content (AvgIpc) is 2.52. The van der Waals surface area contributed by atoms with Crippen molar-refractivity contribution in [1.29, 1.82) is 0 Å². The highest BCUT2D eigenvalue weighted by molar-refractivity contribution is 7.80. The molecule has 0 aliphatic carbocycles. The molecule has 2 rings (SSSR count). The van der Waals surface area contributed by atoms with Gasteiger partial charge in [-0.3, -0.25) is 0 Å². The van der Waals surface area contributed by atoms with Gasteiger partial charge < -0.3 is 15.2 Å². The summed E-state index contributed by atoms with van der Waals surface area (Å²) >= 11 is 5.14. The lowest BCUT2D eigenvalue weighted by atomic mass is 10.1. The van der Waals surface area contributed by atoms with E-state index in [0.29, 0.717) is 0 Å². The minimum Gasteiger partial charge on any atom is -0.481 e. The number of carboxylic acids is 1. The Hall–Kier alpha value is -2.61. The zero-order valence-corrected chi connectivity index (χ0v) is 13.0. The highest BCUT2D eigenvalue weighted by Gasteiger charge is 2.13. The Morgan fingerprint density at radius 1 is 1.12 bits per heavy atom. The maximum atomic E-state index is 13.6. The quantitative estimate of drug-likeness (QED) is 0.780. The lowest BCUT2D eigenvalue weighted by Gasteiger charge is -2.13. The molecule has 0 saturated carbocycles. The van der Waals surface area contributed by atoms with Crippen molar-refractivity contribution in [2.45, 2.75) is 6.54 Å². The van der Waals surface area contributed by atoms with Crippen molar-refractivity contribution in [3.63, 3.8) is 0 Å². The molecule has 0 amide bonds. The number of hydrogen-bond acceptors (Lipinski definition) is 3. The van der Waals surface area contributed by atoms with E-state index < -0.39 is 30.0 Å². The van der Waals surface area contributed by atoms with Crippen LogP contribution >= 0.6 is 12.2 Å². The van der Waals surface area contributed by atoms with Crippen LogP contribution in [0.15, 0.2) is 36.4 Å². The molecule has 0 saturated heterocycles. The smallest absolute Gasteiger partial charge is 0.341 e. The fourth-order valence-corrected chi connectivity index (χ4v) is 2.12. The lowest BCUT2D eigenvalue weighted by molar-refractivity contribution is -0.139. The van der Waals surface area contributed by atoms with E-state index in [0.717, 1.165) is 24.3 Å². The summed E-state index contributed by atoms with van der Waals surface area (Å²) in [6.07, 6.45) is 0. The minimum atomic E-state index is -1.22. The van der Waals surface area contributed by atoms with E-state index in [1.807, 2.05) is 0 Å². The molecule has 0 atom stereocenters. The normalized spacial score (nSPS) is 10.3. The van der Waals surface area contributed by atoms with Crippen molar-refractivity contribution in [1.82, 2.24) is 5.32 Å². The lowest BCUT2D eigenvalue weighted by Crippen LogP contribution is -2.23. The molecule has 0 fully saturated rings. The third kappa shape index (κ3) is 4.69. The van der Waals surface area contributed by atoms with Crippen LogP contribution in [0.5, 0.6) is 5.75 Å². The molecular formula is C16H12F3NO3S. The van der Waals surface area contributed by atoms with Gasteiger partial charge in [-0.05, 0) is 18.2 Å². The fraction of sp³-hybridized carbons (Fsp3) is 0.125. The maximum Gasteiger partial charge on any atom is 0.341 e. The van der Waals surface area contributed by atoms with Gasteiger partial charge >= 0.3 is 5.97 Å². The number of nitrogens with one attached hydrogen (secondary N) is 1. The third-order valence-electron chi connectivity index (χ3n) is 2.99. The topological polar surface area (TPSA) is 58.6 Å². The Morgan fingerprint density at radius 3 is 2.46 bits per heavy atom. The molecule has 0 aliphatic heterocycles. The van der Waals surface area contributed by atoms with Gasteiger partial charge in [0.25, 0.3) is 0 Å². The van der Waals surface area contributed by atoms with Gasteiger partial charge in [0, 0.05) is 24.2 Å². The summed E-state index contributed by atoms with van der Waals surface area (Å²) in [5, 5.41) is 11.4. The summed E-state index contributed by atoms with van der Waals surface area (Å²) in [5.41, 5.74) is 0.448. The SMILES string of the molecule is O=C(O)COc1cc(F)ccc1C(=S)NCc1ccc(F)cc1F. The number of benzene rings is 2. The fourth-order valence-electron chi connectivity index (χ4n) is 1.88. The van der Waals surface area contributed by atoms with E-state index in [4.69, 9.17) is 22.1 Å². The zero-order chi connectivity index (χ0) is 17.7. The number of carboxylic acid groups (broad SMARTS) is 1. The summed E-state index contributed by atoms with van der Waals surface area (Å²) < 4.78 is 44.7. The second-order valence-corrected chi connectivity index (χ2v) is 5.15. The van der Waals surface area contributed by atoms with Crippen molar-refractivity contribution in [3.8, 4) is 5.75 Å². The Balaban J connectivity index is 2.12. The summed E-state index contributed by atoms with van der Waals surface area (Å²) in [7, 11) is 0. The zero-order valence-electron chi connectivity index (χ0n) is 12.2. The van der Waals surface area contributed by atoms with E-state index in [-0.39, 0.29) is 28.4 Å². The van der Waals surface area contributed by atoms with Gasteiger partial charge in [0.2, 0.25) is 0 Å². The molecule has 0 unspecified atom stereocenters. The standard InChI is InChI=1S/C16H12F3NO3S/c17-10-2-1-9(13(19)5-10)7-20-16(24)12-4-3-11(18)6-14(12)23-8-15(21)22/h1-6H,7-8H2,(H,20,24)(H,21,22). The van der Waals surface area contributed by atoms with Crippen LogP contribution in [-0.4, -0.2) is 22.7 Å². The Kier molecular flexibility index (Phi) is 5.75. The van der Waals surface area contributed by atoms with Crippen LogP contribution in [0.1, 0.15) is 11.1 Å². The van der Waals surface area contributed by atoms with E-state index >= 15 is 0 Å². The van der Waals surface area contributed by atoms with Gasteiger partial charge in [0.15, 0.2) is 6.61 Å². The van der Waals surface area contributed by atoms with Gasteiger partial charge in [-0.25, -0.2) is 18.0 Å². The third-order valence-corrected chi connectivity index (χ3v) is 3.36. The predicted molar refractivity (Wildman–Crippen MR) is 84.4 cm³/mol. The van der Waals surface area contributed by atoms with E-state index in [2.05, 4.69) is 5.32 Å². The molecule has 0 bridgehead atoms. The first kappa shape index (κ1) is 17.7. The maximum absolute atomic E-state index is 13.6. The molecule has 2 aromatic rings. The van der Waals surface area contributed by atoms with Gasteiger partial charge in [-0.2, -0.15) is 0 Å².